The normalized spacial score (nSPS) is 12.6. The third-order valence-electron chi connectivity index (χ3n) is 2.29. The molecular formula is C13H14O3. The fraction of sp³-hybridized carbons (Fsp3) is 0.231. The highest BCUT2D eigenvalue weighted by atomic mass is 16.5. The third kappa shape index (κ3) is 2.44. The lowest BCUT2D eigenvalue weighted by Crippen LogP contribution is -2.12. The Balaban J connectivity index is 2.26. The molecule has 2 rings (SSSR count). The molecule has 0 aliphatic rings. The van der Waals surface area contributed by atoms with Gasteiger partial charge in [0.05, 0.1) is 6.10 Å². The molecule has 0 aromatic heterocycles. The number of phenolic OH excluding ortho intramolecular Hbond substituents is 1. The molecule has 0 aliphatic heterocycles. The van der Waals surface area contributed by atoms with Crippen molar-refractivity contribution in [1.29, 1.82) is 0 Å². The number of phenols is 1. The summed E-state index contributed by atoms with van der Waals surface area (Å²) in [5, 5.41) is 20.4. The second kappa shape index (κ2) is 4.41. The van der Waals surface area contributed by atoms with E-state index in [0.29, 0.717) is 0 Å². The maximum absolute atomic E-state index is 9.31. The van der Waals surface area contributed by atoms with Crippen LogP contribution in [0.5, 0.6) is 11.5 Å². The van der Waals surface area contributed by atoms with Crippen LogP contribution in [0.15, 0.2) is 36.4 Å². The molecule has 0 bridgehead atoms. The maximum Gasteiger partial charge on any atom is 0.120 e. The molecule has 0 aliphatic carbocycles. The van der Waals surface area contributed by atoms with Gasteiger partial charge in [-0.05, 0) is 42.0 Å². The van der Waals surface area contributed by atoms with Crippen LogP contribution < -0.4 is 4.74 Å². The molecule has 0 radical (unpaired) electrons. The highest BCUT2D eigenvalue weighted by Crippen LogP contribution is 2.24. The molecule has 16 heavy (non-hydrogen) atoms. The predicted octanol–water partition coefficient (Wildman–Crippen LogP) is 2.30. The molecule has 2 N–H and O–H groups in total. The molecule has 2 aromatic rings. The summed E-state index contributed by atoms with van der Waals surface area (Å²) in [5.74, 6) is 0.976. The van der Waals surface area contributed by atoms with Crippen LogP contribution >= 0.6 is 0 Å². The van der Waals surface area contributed by atoms with Crippen LogP contribution in [0.2, 0.25) is 0 Å². The fourth-order valence-corrected chi connectivity index (χ4v) is 1.52. The maximum atomic E-state index is 9.31. The Morgan fingerprint density at radius 1 is 1.12 bits per heavy atom. The highest BCUT2D eigenvalue weighted by molar-refractivity contribution is 5.85. The minimum absolute atomic E-state index is 0.255. The number of aromatic hydroxyl groups is 1. The molecule has 3 nitrogen and oxygen atoms in total. The quantitative estimate of drug-likeness (QED) is 0.831. The second-order valence-electron chi connectivity index (χ2n) is 3.85. The van der Waals surface area contributed by atoms with Gasteiger partial charge in [0.25, 0.3) is 0 Å². The lowest BCUT2D eigenvalue weighted by Gasteiger charge is -2.08. The molecule has 1 atom stereocenters. The number of rotatable bonds is 3. The van der Waals surface area contributed by atoms with E-state index in [9.17, 15) is 5.11 Å². The van der Waals surface area contributed by atoms with Crippen LogP contribution in [-0.2, 0) is 0 Å². The van der Waals surface area contributed by atoms with E-state index < -0.39 is 6.10 Å². The van der Waals surface area contributed by atoms with Crippen LogP contribution in [0.1, 0.15) is 6.92 Å². The molecule has 3 heteroatoms. The lowest BCUT2D eigenvalue weighted by molar-refractivity contribution is 0.123. The SMILES string of the molecule is CC(O)COc1ccc2cc(O)ccc2c1. The van der Waals surface area contributed by atoms with Crippen molar-refractivity contribution >= 4 is 10.8 Å². The van der Waals surface area contributed by atoms with Crippen molar-refractivity contribution in [3.63, 3.8) is 0 Å². The van der Waals surface area contributed by atoms with E-state index in [4.69, 9.17) is 9.84 Å². The van der Waals surface area contributed by atoms with Crippen molar-refractivity contribution < 1.29 is 14.9 Å². The molecule has 0 fully saturated rings. The minimum Gasteiger partial charge on any atom is -0.508 e. The number of aliphatic hydroxyl groups excluding tert-OH is 1. The lowest BCUT2D eigenvalue weighted by atomic mass is 10.1. The Kier molecular flexibility index (Phi) is 2.97. The summed E-state index contributed by atoms with van der Waals surface area (Å²) in [4.78, 5) is 0. The van der Waals surface area contributed by atoms with Gasteiger partial charge in [0, 0.05) is 0 Å². The van der Waals surface area contributed by atoms with Gasteiger partial charge in [0.1, 0.15) is 18.1 Å². The van der Waals surface area contributed by atoms with Crippen molar-refractivity contribution in [3.05, 3.63) is 36.4 Å². The molecule has 0 saturated heterocycles. The van der Waals surface area contributed by atoms with E-state index in [1.165, 1.54) is 0 Å². The Morgan fingerprint density at radius 3 is 2.56 bits per heavy atom. The number of aliphatic hydroxyl groups is 1. The second-order valence-corrected chi connectivity index (χ2v) is 3.85. The van der Waals surface area contributed by atoms with E-state index in [0.717, 1.165) is 16.5 Å². The zero-order valence-corrected chi connectivity index (χ0v) is 9.05. The summed E-state index contributed by atoms with van der Waals surface area (Å²) in [7, 11) is 0. The summed E-state index contributed by atoms with van der Waals surface area (Å²) in [6.07, 6.45) is -0.476. The molecule has 0 heterocycles. The van der Waals surface area contributed by atoms with Gasteiger partial charge in [-0.1, -0.05) is 12.1 Å². The molecule has 0 spiro atoms. The molecule has 2 aromatic carbocycles. The Hall–Kier alpha value is -1.74. The standard InChI is InChI=1S/C13H14O3/c1-9(14)8-16-13-5-3-10-6-12(15)4-2-11(10)7-13/h2-7,9,14-15H,8H2,1H3. The van der Waals surface area contributed by atoms with Crippen LogP contribution in [0.25, 0.3) is 10.8 Å². The average Bonchev–Trinajstić information content (AvgIpc) is 2.26. The summed E-state index contributed by atoms with van der Waals surface area (Å²) in [6.45, 7) is 1.96. The summed E-state index contributed by atoms with van der Waals surface area (Å²) >= 11 is 0. The molecule has 1 unspecified atom stereocenters. The monoisotopic (exact) mass is 218 g/mol. The van der Waals surface area contributed by atoms with Gasteiger partial charge >= 0.3 is 0 Å². The highest BCUT2D eigenvalue weighted by Gasteiger charge is 2.00. The predicted molar refractivity (Wildman–Crippen MR) is 62.8 cm³/mol. The molecular weight excluding hydrogens is 204 g/mol. The van der Waals surface area contributed by atoms with Gasteiger partial charge < -0.3 is 14.9 Å². The fourth-order valence-electron chi connectivity index (χ4n) is 1.52. The largest absolute Gasteiger partial charge is 0.508 e. The van der Waals surface area contributed by atoms with Crippen molar-refractivity contribution in [2.45, 2.75) is 13.0 Å². The van der Waals surface area contributed by atoms with Crippen molar-refractivity contribution in [3.8, 4) is 11.5 Å². The first-order chi connectivity index (χ1) is 7.65. The van der Waals surface area contributed by atoms with Gasteiger partial charge in [-0.3, -0.25) is 0 Å². The summed E-state index contributed by atoms with van der Waals surface area (Å²) < 4.78 is 5.39. The van der Waals surface area contributed by atoms with E-state index in [1.807, 2.05) is 24.3 Å². The van der Waals surface area contributed by atoms with E-state index in [2.05, 4.69) is 0 Å². The number of benzene rings is 2. The third-order valence-corrected chi connectivity index (χ3v) is 2.29. The number of hydrogen-bond acceptors (Lipinski definition) is 3. The Bertz CT molecular complexity index is 492. The Labute approximate surface area is 93.9 Å². The number of hydrogen-bond donors (Lipinski definition) is 2. The van der Waals surface area contributed by atoms with Crippen LogP contribution in [0.3, 0.4) is 0 Å². The summed E-state index contributed by atoms with van der Waals surface area (Å²) in [6, 6.07) is 10.8. The zero-order chi connectivity index (χ0) is 11.5. The number of ether oxygens (including phenoxy) is 1. The van der Waals surface area contributed by atoms with Gasteiger partial charge in [-0.25, -0.2) is 0 Å². The van der Waals surface area contributed by atoms with E-state index >= 15 is 0 Å². The summed E-state index contributed by atoms with van der Waals surface area (Å²) in [5.41, 5.74) is 0. The van der Waals surface area contributed by atoms with Crippen LogP contribution in [-0.4, -0.2) is 22.9 Å². The topological polar surface area (TPSA) is 49.7 Å². The van der Waals surface area contributed by atoms with Gasteiger partial charge in [-0.15, -0.1) is 0 Å². The Morgan fingerprint density at radius 2 is 1.81 bits per heavy atom. The molecule has 0 amide bonds. The van der Waals surface area contributed by atoms with Gasteiger partial charge in [-0.2, -0.15) is 0 Å². The average molecular weight is 218 g/mol. The van der Waals surface area contributed by atoms with E-state index in [-0.39, 0.29) is 12.4 Å². The van der Waals surface area contributed by atoms with Crippen LogP contribution in [0.4, 0.5) is 0 Å². The first-order valence-corrected chi connectivity index (χ1v) is 5.19. The molecule has 0 saturated carbocycles. The number of fused-ring (bicyclic) bond motifs is 1. The smallest absolute Gasteiger partial charge is 0.120 e. The van der Waals surface area contributed by atoms with Crippen molar-refractivity contribution in [1.82, 2.24) is 0 Å². The van der Waals surface area contributed by atoms with E-state index in [1.54, 1.807) is 19.1 Å². The van der Waals surface area contributed by atoms with Crippen molar-refractivity contribution in [2.24, 2.45) is 0 Å². The van der Waals surface area contributed by atoms with Gasteiger partial charge in [0.15, 0.2) is 0 Å². The van der Waals surface area contributed by atoms with Gasteiger partial charge in [0.2, 0.25) is 0 Å². The molecule has 84 valence electrons. The first kappa shape index (κ1) is 10.8. The van der Waals surface area contributed by atoms with Crippen molar-refractivity contribution in [2.75, 3.05) is 6.61 Å². The van der Waals surface area contributed by atoms with Crippen LogP contribution in [0, 0.1) is 0 Å². The first-order valence-electron chi connectivity index (χ1n) is 5.19. The zero-order valence-electron chi connectivity index (χ0n) is 9.05. The minimum atomic E-state index is -0.476.